The van der Waals surface area contributed by atoms with Crippen LogP contribution in [0.15, 0.2) is 57.9 Å². The third-order valence-electron chi connectivity index (χ3n) is 5.69. The van der Waals surface area contributed by atoms with Crippen LogP contribution in [0.2, 0.25) is 10.0 Å². The quantitative estimate of drug-likeness (QED) is 0.137. The lowest BCUT2D eigenvalue weighted by Crippen LogP contribution is -2.20. The maximum Gasteiger partial charge on any atom is 0.234 e. The summed E-state index contributed by atoms with van der Waals surface area (Å²) in [5, 5.41) is 1.71. The van der Waals surface area contributed by atoms with Gasteiger partial charge in [0.1, 0.15) is 5.84 Å². The Bertz CT molecular complexity index is 1500. The molecule has 0 radical (unpaired) electrons. The number of pyridine rings is 1. The molecular formula is C27H23Cl2N3O3. The van der Waals surface area contributed by atoms with Crippen LogP contribution in [0.1, 0.15) is 42.5 Å². The molecule has 35 heavy (non-hydrogen) atoms. The van der Waals surface area contributed by atoms with Crippen LogP contribution in [0.25, 0.3) is 33.5 Å². The number of fused-ring (bicyclic) bond motifs is 1. The van der Waals surface area contributed by atoms with Crippen LogP contribution in [0, 0.1) is 12.3 Å². The van der Waals surface area contributed by atoms with E-state index in [1.54, 1.807) is 30.3 Å². The Morgan fingerprint density at radius 1 is 1.06 bits per heavy atom. The smallest absolute Gasteiger partial charge is 0.234 e. The van der Waals surface area contributed by atoms with Gasteiger partial charge in [0.05, 0.1) is 10.7 Å². The summed E-state index contributed by atoms with van der Waals surface area (Å²) >= 11 is 12.8. The molecular weight excluding hydrogens is 485 g/mol. The molecule has 8 heteroatoms. The fourth-order valence-electron chi connectivity index (χ4n) is 3.75. The number of aromatic nitrogens is 1. The molecule has 1 amide bonds. The highest BCUT2D eigenvalue weighted by Crippen LogP contribution is 2.40. The molecule has 2 N–H and O–H groups in total. The highest BCUT2D eigenvalue weighted by molar-refractivity contribution is 6.34. The highest BCUT2D eigenvalue weighted by atomic mass is 35.5. The van der Waals surface area contributed by atoms with Crippen LogP contribution in [0.4, 0.5) is 0 Å². The van der Waals surface area contributed by atoms with E-state index < -0.39 is 5.41 Å². The second-order valence-electron chi connectivity index (χ2n) is 9.19. The number of hydrogen-bond acceptors (Lipinski definition) is 4. The first-order chi connectivity index (χ1) is 16.5. The van der Waals surface area contributed by atoms with Gasteiger partial charge in [0.15, 0.2) is 5.76 Å². The van der Waals surface area contributed by atoms with Crippen molar-refractivity contribution in [2.24, 2.45) is 16.1 Å². The Morgan fingerprint density at radius 2 is 1.74 bits per heavy atom. The van der Waals surface area contributed by atoms with Crippen molar-refractivity contribution in [3.05, 3.63) is 75.5 Å². The summed E-state index contributed by atoms with van der Waals surface area (Å²) in [6, 6.07) is 14.4. The van der Waals surface area contributed by atoms with Crippen molar-refractivity contribution >= 4 is 52.3 Å². The maximum atomic E-state index is 13.0. The largest absolute Gasteiger partial charge is 0.434 e. The molecule has 0 unspecified atom stereocenters. The Balaban J connectivity index is 1.99. The molecule has 6 nitrogen and oxygen atoms in total. The lowest BCUT2D eigenvalue weighted by Gasteiger charge is -2.14. The second-order valence-corrected chi connectivity index (χ2v) is 10.0. The van der Waals surface area contributed by atoms with Crippen molar-refractivity contribution in [1.82, 2.24) is 4.98 Å². The number of Topliss-reactive ketones (excluding diaryl/α,β-unsaturated/α-hetero) is 1. The summed E-state index contributed by atoms with van der Waals surface area (Å²) in [7, 11) is 0. The van der Waals surface area contributed by atoms with Crippen LogP contribution < -0.4 is 5.73 Å². The number of nitrogens with zero attached hydrogens (tertiary/aromatic N) is 2. The van der Waals surface area contributed by atoms with Gasteiger partial charge in [-0.15, -0.1) is 0 Å². The van der Waals surface area contributed by atoms with Crippen LogP contribution in [-0.4, -0.2) is 23.0 Å². The number of aliphatic imine (C=N–C) groups is 1. The Hall–Kier alpha value is -3.48. The Labute approximate surface area is 212 Å². The van der Waals surface area contributed by atoms with Crippen LogP contribution in [0.5, 0.6) is 0 Å². The predicted octanol–water partition coefficient (Wildman–Crippen LogP) is 6.87. The number of hydrogen-bond donors (Lipinski definition) is 1. The minimum absolute atomic E-state index is 0.0572. The molecule has 0 atom stereocenters. The average Bonchev–Trinajstić information content (AvgIpc) is 3.13. The Kier molecular flexibility index (Phi) is 6.54. The molecule has 0 saturated carbocycles. The van der Waals surface area contributed by atoms with Gasteiger partial charge in [-0.25, -0.2) is 4.98 Å². The molecule has 0 bridgehead atoms. The fourth-order valence-corrected chi connectivity index (χ4v) is 4.14. The van der Waals surface area contributed by atoms with Crippen LogP contribution in [-0.2, 0) is 4.79 Å². The fraction of sp³-hybridized carbons (Fsp3) is 0.185. The summed E-state index contributed by atoms with van der Waals surface area (Å²) in [5.41, 5.74) is 9.65. The molecule has 0 saturated heterocycles. The van der Waals surface area contributed by atoms with Crippen molar-refractivity contribution in [3.8, 4) is 22.4 Å². The number of halogens is 2. The van der Waals surface area contributed by atoms with Crippen molar-refractivity contribution in [3.63, 3.8) is 0 Å². The Morgan fingerprint density at radius 3 is 2.34 bits per heavy atom. The van der Waals surface area contributed by atoms with Crippen LogP contribution >= 0.6 is 23.2 Å². The number of carbonyl (C=O) groups is 2. The van der Waals surface area contributed by atoms with E-state index in [2.05, 4.69) is 4.99 Å². The van der Waals surface area contributed by atoms with E-state index in [1.807, 2.05) is 45.9 Å². The van der Waals surface area contributed by atoms with Gasteiger partial charge in [0, 0.05) is 38.1 Å². The average molecular weight is 508 g/mol. The molecule has 178 valence electrons. The van der Waals surface area contributed by atoms with Gasteiger partial charge < -0.3 is 10.2 Å². The van der Waals surface area contributed by atoms with Crippen molar-refractivity contribution < 1.29 is 14.0 Å². The van der Waals surface area contributed by atoms with E-state index in [-0.39, 0.29) is 11.6 Å². The normalized spacial score (nSPS) is 12.2. The SMILES string of the molecule is Cc1c(C(=O)C(C)(C)C)oc2nc(-c3ccc(C(N)=NC=O)cc3Cl)c(-c3ccc(Cl)cc3)cc12. The van der Waals surface area contributed by atoms with E-state index in [4.69, 9.17) is 38.3 Å². The molecule has 0 aliphatic heterocycles. The molecule has 0 aliphatic carbocycles. The van der Waals surface area contributed by atoms with Gasteiger partial charge in [-0.3, -0.25) is 9.59 Å². The molecule has 2 aromatic carbocycles. The van der Waals surface area contributed by atoms with Crippen molar-refractivity contribution in [2.75, 3.05) is 0 Å². The van der Waals surface area contributed by atoms with Gasteiger partial charge in [-0.05, 0) is 36.8 Å². The van der Waals surface area contributed by atoms with Gasteiger partial charge in [-0.1, -0.05) is 68.2 Å². The molecule has 0 fully saturated rings. The third kappa shape index (κ3) is 4.72. The summed E-state index contributed by atoms with van der Waals surface area (Å²) in [5.74, 6) is 0.246. The number of furan rings is 1. The van der Waals surface area contributed by atoms with Crippen molar-refractivity contribution in [2.45, 2.75) is 27.7 Å². The molecule has 0 aliphatic rings. The highest BCUT2D eigenvalue weighted by Gasteiger charge is 2.29. The first kappa shape index (κ1) is 24.6. The van der Waals surface area contributed by atoms with E-state index in [9.17, 15) is 9.59 Å². The summed E-state index contributed by atoms with van der Waals surface area (Å²) in [6.07, 6.45) is 0.376. The first-order valence-electron chi connectivity index (χ1n) is 10.8. The molecule has 0 spiro atoms. The zero-order chi connectivity index (χ0) is 25.5. The lowest BCUT2D eigenvalue weighted by atomic mass is 9.88. The van der Waals surface area contributed by atoms with E-state index >= 15 is 0 Å². The van der Waals surface area contributed by atoms with Crippen LogP contribution in [0.3, 0.4) is 0 Å². The first-order valence-corrected chi connectivity index (χ1v) is 11.6. The summed E-state index contributed by atoms with van der Waals surface area (Å²) in [4.78, 5) is 32.1. The zero-order valence-corrected chi connectivity index (χ0v) is 21.2. The lowest BCUT2D eigenvalue weighted by molar-refractivity contribution is -0.106. The number of carbonyl (C=O) groups excluding carboxylic acids is 2. The number of aryl methyl sites for hydroxylation is 1. The van der Waals surface area contributed by atoms with Gasteiger partial charge >= 0.3 is 0 Å². The number of rotatable bonds is 5. The number of nitrogens with two attached hydrogens (primary N) is 1. The van der Waals surface area contributed by atoms with Crippen molar-refractivity contribution in [1.29, 1.82) is 0 Å². The monoisotopic (exact) mass is 507 g/mol. The number of ketones is 1. The number of amides is 1. The standard InChI is InChI=1S/C27H23Cl2N3O3/c1-14-19-12-20(15-5-8-17(28)9-6-15)22(32-26(19)35-23(14)24(34)27(2,3)4)18-10-7-16(11-21(18)29)25(30)31-13-33/h5-13H,1-4H3,(H2,30,31,33). The van der Waals surface area contributed by atoms with E-state index in [0.717, 1.165) is 22.1 Å². The minimum atomic E-state index is -0.609. The van der Waals surface area contributed by atoms with Gasteiger partial charge in [0.2, 0.25) is 17.9 Å². The number of amidine groups is 1. The van der Waals surface area contributed by atoms with Gasteiger partial charge in [-0.2, -0.15) is 4.99 Å². The van der Waals surface area contributed by atoms with Gasteiger partial charge in [0.25, 0.3) is 0 Å². The minimum Gasteiger partial charge on any atom is -0.434 e. The molecule has 4 rings (SSSR count). The molecule has 2 heterocycles. The molecule has 2 aromatic heterocycles. The maximum absolute atomic E-state index is 13.0. The summed E-state index contributed by atoms with van der Waals surface area (Å²) < 4.78 is 5.99. The number of benzene rings is 2. The zero-order valence-electron chi connectivity index (χ0n) is 19.6. The molecule has 4 aromatic rings. The van der Waals surface area contributed by atoms with E-state index in [1.165, 1.54) is 0 Å². The topological polar surface area (TPSA) is 98.6 Å². The predicted molar refractivity (Wildman–Crippen MR) is 140 cm³/mol. The third-order valence-corrected chi connectivity index (χ3v) is 6.25. The second kappa shape index (κ2) is 9.29. The summed E-state index contributed by atoms with van der Waals surface area (Å²) in [6.45, 7) is 7.40. The van der Waals surface area contributed by atoms with E-state index in [0.29, 0.717) is 44.7 Å².